The minimum atomic E-state index is -0.588. The Morgan fingerprint density at radius 3 is 3.00 bits per heavy atom. The molecule has 4 heteroatoms. The first-order chi connectivity index (χ1) is 6.77. The van der Waals surface area contributed by atoms with Crippen LogP contribution in [0.4, 0.5) is 4.39 Å². The molecule has 1 fully saturated rings. The summed E-state index contributed by atoms with van der Waals surface area (Å²) in [7, 11) is 0. The average molecular weight is 197 g/mol. The topological polar surface area (TPSA) is 41.5 Å². The number of morpholine rings is 1. The Morgan fingerprint density at radius 1 is 1.50 bits per heavy atom. The molecule has 2 rings (SSSR count). The highest BCUT2D eigenvalue weighted by molar-refractivity contribution is 5.30. The van der Waals surface area contributed by atoms with Crippen LogP contribution in [0.2, 0.25) is 0 Å². The zero-order valence-corrected chi connectivity index (χ0v) is 7.66. The van der Waals surface area contributed by atoms with Crippen molar-refractivity contribution in [2.45, 2.75) is 6.04 Å². The van der Waals surface area contributed by atoms with E-state index in [4.69, 9.17) is 9.84 Å². The summed E-state index contributed by atoms with van der Waals surface area (Å²) in [6, 6.07) is 4.42. The molecule has 0 aliphatic carbocycles. The number of rotatable bonds is 1. The molecule has 1 aromatic carbocycles. The summed E-state index contributed by atoms with van der Waals surface area (Å²) in [6.45, 7) is 2.01. The van der Waals surface area contributed by atoms with Gasteiger partial charge >= 0.3 is 0 Å². The molecule has 1 heterocycles. The number of benzene rings is 1. The summed E-state index contributed by atoms with van der Waals surface area (Å²) >= 11 is 0. The number of halogens is 1. The van der Waals surface area contributed by atoms with Gasteiger partial charge in [-0.1, -0.05) is 6.07 Å². The molecule has 0 spiro atoms. The monoisotopic (exact) mass is 197 g/mol. The lowest BCUT2D eigenvalue weighted by Gasteiger charge is -2.24. The molecule has 0 bridgehead atoms. The Bertz CT molecular complexity index is 324. The van der Waals surface area contributed by atoms with Crippen LogP contribution in [0, 0.1) is 5.82 Å². The molecule has 0 radical (unpaired) electrons. The van der Waals surface area contributed by atoms with Gasteiger partial charge in [0, 0.05) is 6.54 Å². The van der Waals surface area contributed by atoms with Crippen LogP contribution in [0.3, 0.4) is 0 Å². The maximum atomic E-state index is 13.0. The third kappa shape index (κ3) is 1.86. The number of hydrogen-bond donors (Lipinski definition) is 2. The van der Waals surface area contributed by atoms with Crippen LogP contribution in [-0.4, -0.2) is 24.9 Å². The van der Waals surface area contributed by atoms with Crippen LogP contribution in [-0.2, 0) is 4.74 Å². The number of phenols is 1. The molecule has 0 amide bonds. The molecule has 3 nitrogen and oxygen atoms in total. The standard InChI is InChI=1S/C10H12FNO2/c11-8-5-7(1-2-10(8)13)9-6-14-4-3-12-9/h1-2,5,9,12-13H,3-4,6H2. The van der Waals surface area contributed by atoms with Crippen molar-refractivity contribution in [2.75, 3.05) is 19.8 Å². The quantitative estimate of drug-likeness (QED) is 0.710. The summed E-state index contributed by atoms with van der Waals surface area (Å²) in [5.74, 6) is -0.902. The van der Waals surface area contributed by atoms with E-state index in [0.717, 1.165) is 12.1 Å². The highest BCUT2D eigenvalue weighted by Crippen LogP contribution is 2.21. The van der Waals surface area contributed by atoms with E-state index in [1.165, 1.54) is 12.1 Å². The van der Waals surface area contributed by atoms with Gasteiger partial charge in [-0.15, -0.1) is 0 Å². The lowest BCUT2D eigenvalue weighted by Crippen LogP contribution is -2.34. The summed E-state index contributed by atoms with van der Waals surface area (Å²) in [6.07, 6.45) is 0. The van der Waals surface area contributed by atoms with Crippen LogP contribution in [0.15, 0.2) is 18.2 Å². The summed E-state index contributed by atoms with van der Waals surface area (Å²) < 4.78 is 18.3. The zero-order chi connectivity index (χ0) is 9.97. The van der Waals surface area contributed by atoms with Crippen molar-refractivity contribution in [2.24, 2.45) is 0 Å². The van der Waals surface area contributed by atoms with E-state index in [-0.39, 0.29) is 11.8 Å². The van der Waals surface area contributed by atoms with Gasteiger partial charge in [-0.2, -0.15) is 0 Å². The second kappa shape index (κ2) is 3.94. The van der Waals surface area contributed by atoms with Gasteiger partial charge in [0.1, 0.15) is 0 Å². The highest BCUT2D eigenvalue weighted by Gasteiger charge is 2.16. The summed E-state index contributed by atoms with van der Waals surface area (Å²) in [5.41, 5.74) is 0.806. The van der Waals surface area contributed by atoms with E-state index in [2.05, 4.69) is 5.32 Å². The molecule has 1 aliphatic heterocycles. The fourth-order valence-electron chi connectivity index (χ4n) is 1.52. The minimum absolute atomic E-state index is 0.0267. The SMILES string of the molecule is Oc1ccc(C2COCCN2)cc1F. The van der Waals surface area contributed by atoms with Gasteiger partial charge in [0.05, 0.1) is 19.3 Å². The van der Waals surface area contributed by atoms with E-state index < -0.39 is 5.82 Å². The van der Waals surface area contributed by atoms with E-state index in [1.54, 1.807) is 6.07 Å². The Morgan fingerprint density at radius 2 is 2.36 bits per heavy atom. The lowest BCUT2D eigenvalue weighted by molar-refractivity contribution is 0.0767. The molecule has 0 saturated carbocycles. The molecule has 2 N–H and O–H groups in total. The van der Waals surface area contributed by atoms with E-state index in [1.807, 2.05) is 0 Å². The fraction of sp³-hybridized carbons (Fsp3) is 0.400. The molecule has 1 aromatic rings. The van der Waals surface area contributed by atoms with Crippen molar-refractivity contribution in [1.82, 2.24) is 5.32 Å². The smallest absolute Gasteiger partial charge is 0.165 e. The molecule has 1 unspecified atom stereocenters. The average Bonchev–Trinajstić information content (AvgIpc) is 2.23. The van der Waals surface area contributed by atoms with Gasteiger partial charge in [-0.25, -0.2) is 4.39 Å². The predicted octanol–water partition coefficient (Wildman–Crippen LogP) is 1.19. The van der Waals surface area contributed by atoms with Crippen molar-refractivity contribution >= 4 is 0 Å². The van der Waals surface area contributed by atoms with E-state index in [9.17, 15) is 4.39 Å². The van der Waals surface area contributed by atoms with E-state index in [0.29, 0.717) is 13.2 Å². The number of phenolic OH excluding ortho intramolecular Hbond substituents is 1. The molecular weight excluding hydrogens is 185 g/mol. The Labute approximate surface area is 81.5 Å². The third-order valence-corrected chi connectivity index (χ3v) is 2.30. The lowest BCUT2D eigenvalue weighted by atomic mass is 10.1. The second-order valence-corrected chi connectivity index (χ2v) is 3.29. The molecule has 14 heavy (non-hydrogen) atoms. The predicted molar refractivity (Wildman–Crippen MR) is 49.6 cm³/mol. The second-order valence-electron chi connectivity index (χ2n) is 3.29. The third-order valence-electron chi connectivity index (χ3n) is 2.30. The fourth-order valence-corrected chi connectivity index (χ4v) is 1.52. The number of aromatic hydroxyl groups is 1. The maximum absolute atomic E-state index is 13.0. The van der Waals surface area contributed by atoms with Crippen molar-refractivity contribution in [3.63, 3.8) is 0 Å². The molecule has 1 aliphatic rings. The van der Waals surface area contributed by atoms with Gasteiger partial charge in [0.2, 0.25) is 0 Å². The minimum Gasteiger partial charge on any atom is -0.505 e. The van der Waals surface area contributed by atoms with Gasteiger partial charge < -0.3 is 15.2 Å². The van der Waals surface area contributed by atoms with Crippen molar-refractivity contribution in [1.29, 1.82) is 0 Å². The number of ether oxygens (including phenoxy) is 1. The van der Waals surface area contributed by atoms with Crippen LogP contribution in [0.25, 0.3) is 0 Å². The van der Waals surface area contributed by atoms with Crippen LogP contribution in [0.5, 0.6) is 5.75 Å². The Hall–Kier alpha value is -1.13. The largest absolute Gasteiger partial charge is 0.505 e. The normalized spacial score (nSPS) is 22.2. The van der Waals surface area contributed by atoms with E-state index >= 15 is 0 Å². The number of hydrogen-bond acceptors (Lipinski definition) is 3. The van der Waals surface area contributed by atoms with Crippen LogP contribution < -0.4 is 5.32 Å². The Balaban J connectivity index is 2.18. The molecule has 76 valence electrons. The van der Waals surface area contributed by atoms with Gasteiger partial charge in [-0.05, 0) is 17.7 Å². The first-order valence-electron chi connectivity index (χ1n) is 4.57. The first kappa shape index (κ1) is 9.43. The zero-order valence-electron chi connectivity index (χ0n) is 7.66. The summed E-state index contributed by atoms with van der Waals surface area (Å²) in [4.78, 5) is 0. The Kier molecular flexibility index (Phi) is 2.65. The molecule has 1 atom stereocenters. The van der Waals surface area contributed by atoms with Gasteiger partial charge in [0.25, 0.3) is 0 Å². The maximum Gasteiger partial charge on any atom is 0.165 e. The van der Waals surface area contributed by atoms with Crippen LogP contribution in [0.1, 0.15) is 11.6 Å². The molecular formula is C10H12FNO2. The van der Waals surface area contributed by atoms with Crippen molar-refractivity contribution < 1.29 is 14.2 Å². The molecule has 0 aromatic heterocycles. The van der Waals surface area contributed by atoms with Crippen molar-refractivity contribution in [3.05, 3.63) is 29.6 Å². The number of nitrogens with one attached hydrogen (secondary N) is 1. The summed E-state index contributed by atoms with van der Waals surface area (Å²) in [5, 5.41) is 12.2. The first-order valence-corrected chi connectivity index (χ1v) is 4.57. The van der Waals surface area contributed by atoms with Crippen molar-refractivity contribution in [3.8, 4) is 5.75 Å². The van der Waals surface area contributed by atoms with Crippen LogP contribution >= 0.6 is 0 Å². The van der Waals surface area contributed by atoms with Gasteiger partial charge in [-0.3, -0.25) is 0 Å². The molecule has 1 saturated heterocycles. The highest BCUT2D eigenvalue weighted by atomic mass is 19.1. The van der Waals surface area contributed by atoms with Gasteiger partial charge in [0.15, 0.2) is 11.6 Å².